The molecule has 1 fully saturated rings. The van der Waals surface area contributed by atoms with Crippen LogP contribution in [0.15, 0.2) is 29.4 Å². The van der Waals surface area contributed by atoms with E-state index < -0.39 is 0 Å². The van der Waals surface area contributed by atoms with Crippen LogP contribution in [0.4, 0.5) is 0 Å². The van der Waals surface area contributed by atoms with E-state index in [1.165, 1.54) is 37.9 Å². The fourth-order valence-electron chi connectivity index (χ4n) is 2.50. The molecule has 20 heavy (non-hydrogen) atoms. The first kappa shape index (κ1) is 14.8. The lowest BCUT2D eigenvalue weighted by Crippen LogP contribution is -2.35. The van der Waals surface area contributed by atoms with Gasteiger partial charge in [0.15, 0.2) is 5.84 Å². The number of hydrogen-bond donors (Lipinski definition) is 3. The lowest BCUT2D eigenvalue weighted by atomic mass is 10.1. The topological polar surface area (TPSA) is 73.9 Å². The van der Waals surface area contributed by atoms with E-state index in [1.807, 2.05) is 24.3 Å². The molecule has 0 spiro atoms. The molecule has 0 atom stereocenters. The van der Waals surface area contributed by atoms with Gasteiger partial charge in [-0.1, -0.05) is 35.8 Å². The van der Waals surface area contributed by atoms with Crippen molar-refractivity contribution in [2.24, 2.45) is 10.9 Å². The molecule has 2 rings (SSSR count). The highest BCUT2D eigenvalue weighted by Gasteiger charge is 2.08. The van der Waals surface area contributed by atoms with Gasteiger partial charge in [-0.3, -0.25) is 0 Å². The second-order valence-corrected chi connectivity index (χ2v) is 5.26. The van der Waals surface area contributed by atoms with Gasteiger partial charge in [-0.15, -0.1) is 0 Å². The number of rotatable bonds is 6. The van der Waals surface area contributed by atoms with Crippen molar-refractivity contribution < 1.29 is 5.21 Å². The summed E-state index contributed by atoms with van der Waals surface area (Å²) in [6, 6.07) is 7.75. The predicted octanol–water partition coefficient (Wildman–Crippen LogP) is 1.36. The van der Waals surface area contributed by atoms with E-state index >= 15 is 0 Å². The summed E-state index contributed by atoms with van der Waals surface area (Å²) in [6.45, 7) is 5.49. The second kappa shape index (κ2) is 7.87. The lowest BCUT2D eigenvalue weighted by Gasteiger charge is -2.26. The molecular weight excluding hydrogens is 252 g/mol. The van der Waals surface area contributed by atoms with Gasteiger partial charge in [0.05, 0.1) is 0 Å². The number of nitrogens with zero attached hydrogens (tertiary/aromatic N) is 2. The van der Waals surface area contributed by atoms with Gasteiger partial charge in [0.2, 0.25) is 0 Å². The van der Waals surface area contributed by atoms with Crippen molar-refractivity contribution in [3.63, 3.8) is 0 Å². The highest BCUT2D eigenvalue weighted by atomic mass is 16.4. The van der Waals surface area contributed by atoms with E-state index in [0.717, 1.165) is 25.2 Å². The molecule has 0 unspecified atom stereocenters. The lowest BCUT2D eigenvalue weighted by molar-refractivity contribution is 0.229. The van der Waals surface area contributed by atoms with Crippen molar-refractivity contribution >= 4 is 5.84 Å². The highest BCUT2D eigenvalue weighted by Crippen LogP contribution is 2.07. The van der Waals surface area contributed by atoms with E-state index in [2.05, 4.69) is 15.4 Å². The summed E-state index contributed by atoms with van der Waals surface area (Å²) in [5.41, 5.74) is 7.47. The molecule has 1 saturated heterocycles. The molecule has 4 N–H and O–H groups in total. The Morgan fingerprint density at radius 1 is 1.20 bits per heavy atom. The molecule has 1 aromatic rings. The zero-order valence-electron chi connectivity index (χ0n) is 11.9. The van der Waals surface area contributed by atoms with E-state index in [-0.39, 0.29) is 5.84 Å². The van der Waals surface area contributed by atoms with Crippen LogP contribution in [0.5, 0.6) is 0 Å². The molecule has 0 saturated carbocycles. The fourth-order valence-corrected chi connectivity index (χ4v) is 2.50. The molecule has 0 aromatic heterocycles. The molecular formula is C15H24N4O. The number of hydrogen-bond acceptors (Lipinski definition) is 4. The van der Waals surface area contributed by atoms with Gasteiger partial charge in [-0.05, 0) is 31.5 Å². The predicted molar refractivity (Wildman–Crippen MR) is 81.0 cm³/mol. The van der Waals surface area contributed by atoms with Crippen molar-refractivity contribution in [1.82, 2.24) is 10.2 Å². The minimum absolute atomic E-state index is 0.148. The molecule has 5 nitrogen and oxygen atoms in total. The van der Waals surface area contributed by atoms with Crippen LogP contribution in [0.2, 0.25) is 0 Å². The average molecular weight is 276 g/mol. The van der Waals surface area contributed by atoms with Crippen LogP contribution in [0, 0.1) is 0 Å². The van der Waals surface area contributed by atoms with Gasteiger partial charge in [-0.2, -0.15) is 0 Å². The molecule has 0 aliphatic carbocycles. The van der Waals surface area contributed by atoms with E-state index in [4.69, 9.17) is 10.9 Å². The third-order valence-electron chi connectivity index (χ3n) is 3.74. The van der Waals surface area contributed by atoms with Crippen LogP contribution in [0.3, 0.4) is 0 Å². The Morgan fingerprint density at radius 2 is 1.90 bits per heavy atom. The van der Waals surface area contributed by atoms with Gasteiger partial charge in [0, 0.05) is 25.2 Å². The van der Waals surface area contributed by atoms with Crippen molar-refractivity contribution in [2.45, 2.75) is 25.8 Å². The maximum Gasteiger partial charge on any atom is 0.170 e. The van der Waals surface area contributed by atoms with Crippen LogP contribution in [0.1, 0.15) is 30.4 Å². The number of amidine groups is 1. The highest BCUT2D eigenvalue weighted by molar-refractivity contribution is 5.96. The Bertz CT molecular complexity index is 424. The van der Waals surface area contributed by atoms with Gasteiger partial charge in [0.25, 0.3) is 0 Å². The molecule has 5 heteroatoms. The largest absolute Gasteiger partial charge is 0.409 e. The van der Waals surface area contributed by atoms with Gasteiger partial charge < -0.3 is 21.2 Å². The molecule has 110 valence electrons. The van der Waals surface area contributed by atoms with Gasteiger partial charge in [0.1, 0.15) is 0 Å². The standard InChI is InChI=1S/C15H24N4O/c16-15(18-20)14-6-4-13(5-7-14)12-17-8-11-19-9-2-1-3-10-19/h4-7,17,20H,1-3,8-12H2,(H2,16,18). The molecule has 1 aromatic carbocycles. The molecule has 1 aliphatic rings. The quantitative estimate of drug-likeness (QED) is 0.241. The van der Waals surface area contributed by atoms with Gasteiger partial charge >= 0.3 is 0 Å². The number of piperidine rings is 1. The Hall–Kier alpha value is -1.59. The number of nitrogens with one attached hydrogen (secondary N) is 1. The Kier molecular flexibility index (Phi) is 5.83. The third kappa shape index (κ3) is 4.51. The van der Waals surface area contributed by atoms with Crippen molar-refractivity contribution in [2.75, 3.05) is 26.2 Å². The number of benzene rings is 1. The summed E-state index contributed by atoms with van der Waals surface area (Å²) >= 11 is 0. The first-order valence-electron chi connectivity index (χ1n) is 7.29. The second-order valence-electron chi connectivity index (χ2n) is 5.26. The fraction of sp³-hybridized carbons (Fsp3) is 0.533. The zero-order valence-corrected chi connectivity index (χ0v) is 11.9. The first-order valence-corrected chi connectivity index (χ1v) is 7.29. The summed E-state index contributed by atoms with van der Waals surface area (Å²) in [5, 5.41) is 15.0. The normalized spacial score (nSPS) is 17.3. The van der Waals surface area contributed by atoms with Crippen molar-refractivity contribution in [3.8, 4) is 0 Å². The van der Waals surface area contributed by atoms with Crippen LogP contribution < -0.4 is 11.1 Å². The summed E-state index contributed by atoms with van der Waals surface area (Å²) in [5.74, 6) is 0.148. The summed E-state index contributed by atoms with van der Waals surface area (Å²) in [4.78, 5) is 2.53. The number of nitrogens with two attached hydrogens (primary N) is 1. The van der Waals surface area contributed by atoms with E-state index in [1.54, 1.807) is 0 Å². The monoisotopic (exact) mass is 276 g/mol. The average Bonchev–Trinajstić information content (AvgIpc) is 2.52. The minimum Gasteiger partial charge on any atom is -0.409 e. The van der Waals surface area contributed by atoms with Crippen LogP contribution in [-0.2, 0) is 6.54 Å². The maximum atomic E-state index is 8.60. The number of likely N-dealkylation sites (tertiary alicyclic amines) is 1. The van der Waals surface area contributed by atoms with E-state index in [9.17, 15) is 0 Å². The summed E-state index contributed by atoms with van der Waals surface area (Å²) in [6.07, 6.45) is 4.07. The van der Waals surface area contributed by atoms with Crippen molar-refractivity contribution in [3.05, 3.63) is 35.4 Å². The third-order valence-corrected chi connectivity index (χ3v) is 3.74. The maximum absolute atomic E-state index is 8.60. The number of oxime groups is 1. The minimum atomic E-state index is 0.148. The smallest absolute Gasteiger partial charge is 0.170 e. The SMILES string of the molecule is NC(=NO)c1ccc(CNCCN2CCCCC2)cc1. The molecule has 0 bridgehead atoms. The summed E-state index contributed by atoms with van der Waals surface area (Å²) < 4.78 is 0. The molecule has 1 heterocycles. The Labute approximate surface area is 120 Å². The molecule has 0 radical (unpaired) electrons. The Morgan fingerprint density at radius 3 is 2.55 bits per heavy atom. The zero-order chi connectivity index (χ0) is 14.2. The first-order chi connectivity index (χ1) is 9.79. The van der Waals surface area contributed by atoms with Crippen LogP contribution in [0.25, 0.3) is 0 Å². The van der Waals surface area contributed by atoms with Crippen LogP contribution >= 0.6 is 0 Å². The Balaban J connectivity index is 1.68. The van der Waals surface area contributed by atoms with Crippen LogP contribution in [-0.4, -0.2) is 42.1 Å². The van der Waals surface area contributed by atoms with Crippen molar-refractivity contribution in [1.29, 1.82) is 0 Å². The summed E-state index contributed by atoms with van der Waals surface area (Å²) in [7, 11) is 0. The van der Waals surface area contributed by atoms with E-state index in [0.29, 0.717) is 0 Å². The molecule has 1 aliphatic heterocycles. The van der Waals surface area contributed by atoms with Gasteiger partial charge in [-0.25, -0.2) is 0 Å². The molecule has 0 amide bonds.